The standard InChI is InChI=1S/C16H31F3N2/c1-5-12(3)14-11-21(9-7-8-16(17,18)19)15(10-20-14)13(4)6-2/h12-15,20H,5-11H2,1-4H3. The van der Waals surface area contributed by atoms with E-state index in [1.165, 1.54) is 0 Å². The Morgan fingerprint density at radius 2 is 1.76 bits per heavy atom. The minimum atomic E-state index is -4.03. The summed E-state index contributed by atoms with van der Waals surface area (Å²) in [5.74, 6) is 1.08. The third kappa shape index (κ3) is 6.15. The molecule has 0 saturated carbocycles. The highest BCUT2D eigenvalue weighted by Crippen LogP contribution is 2.25. The lowest BCUT2D eigenvalue weighted by atomic mass is 9.90. The van der Waals surface area contributed by atoms with Crippen LogP contribution in [0.15, 0.2) is 0 Å². The molecule has 4 atom stereocenters. The monoisotopic (exact) mass is 308 g/mol. The number of halogens is 3. The highest BCUT2D eigenvalue weighted by Gasteiger charge is 2.33. The Kier molecular flexibility index (Phi) is 7.48. The predicted molar refractivity (Wildman–Crippen MR) is 81.4 cm³/mol. The summed E-state index contributed by atoms with van der Waals surface area (Å²) in [6.07, 6.45) is -2.32. The molecule has 0 bridgehead atoms. The topological polar surface area (TPSA) is 15.3 Å². The van der Waals surface area contributed by atoms with Crippen LogP contribution in [0.1, 0.15) is 53.4 Å². The maximum absolute atomic E-state index is 12.4. The first kappa shape index (κ1) is 18.8. The van der Waals surface area contributed by atoms with E-state index < -0.39 is 12.6 Å². The van der Waals surface area contributed by atoms with Crippen LogP contribution in [0.3, 0.4) is 0 Å². The number of piperazine rings is 1. The van der Waals surface area contributed by atoms with Crippen molar-refractivity contribution in [1.82, 2.24) is 10.2 Å². The molecule has 0 aromatic heterocycles. The molecule has 5 heteroatoms. The first-order valence-corrected chi connectivity index (χ1v) is 8.32. The third-order valence-electron chi connectivity index (χ3n) is 5.03. The average molecular weight is 308 g/mol. The Morgan fingerprint density at radius 1 is 1.14 bits per heavy atom. The van der Waals surface area contributed by atoms with Crippen molar-refractivity contribution in [3.63, 3.8) is 0 Å². The molecule has 0 spiro atoms. The van der Waals surface area contributed by atoms with Gasteiger partial charge in [0.25, 0.3) is 0 Å². The second kappa shape index (κ2) is 8.37. The lowest BCUT2D eigenvalue weighted by molar-refractivity contribution is -0.136. The van der Waals surface area contributed by atoms with Crippen LogP contribution in [-0.4, -0.2) is 42.8 Å². The van der Waals surface area contributed by atoms with Gasteiger partial charge in [0, 0.05) is 31.6 Å². The van der Waals surface area contributed by atoms with Gasteiger partial charge in [-0.1, -0.05) is 40.5 Å². The van der Waals surface area contributed by atoms with Crippen molar-refractivity contribution >= 4 is 0 Å². The van der Waals surface area contributed by atoms with Gasteiger partial charge in [0.1, 0.15) is 0 Å². The molecule has 1 aliphatic rings. The molecule has 0 amide bonds. The number of alkyl halides is 3. The summed E-state index contributed by atoms with van der Waals surface area (Å²) in [6, 6.07) is 0.768. The summed E-state index contributed by atoms with van der Waals surface area (Å²) in [5.41, 5.74) is 0. The Balaban J connectivity index is 2.60. The normalized spacial score (nSPS) is 27.6. The molecule has 1 heterocycles. The summed E-state index contributed by atoms with van der Waals surface area (Å²) in [6.45, 7) is 11.1. The van der Waals surface area contributed by atoms with Gasteiger partial charge in [0.2, 0.25) is 0 Å². The number of nitrogens with one attached hydrogen (secondary N) is 1. The largest absolute Gasteiger partial charge is 0.389 e. The third-order valence-corrected chi connectivity index (χ3v) is 5.03. The lowest BCUT2D eigenvalue weighted by Gasteiger charge is -2.44. The van der Waals surface area contributed by atoms with Crippen molar-refractivity contribution < 1.29 is 13.2 Å². The fourth-order valence-electron chi connectivity index (χ4n) is 3.09. The number of hydrogen-bond acceptors (Lipinski definition) is 2. The molecular formula is C16H31F3N2. The molecule has 1 fully saturated rings. The highest BCUT2D eigenvalue weighted by atomic mass is 19.4. The molecule has 1 saturated heterocycles. The minimum absolute atomic E-state index is 0.212. The van der Waals surface area contributed by atoms with Crippen molar-refractivity contribution in [2.45, 2.75) is 71.6 Å². The van der Waals surface area contributed by atoms with Crippen molar-refractivity contribution in [2.24, 2.45) is 11.8 Å². The van der Waals surface area contributed by atoms with Gasteiger partial charge in [-0.25, -0.2) is 0 Å². The molecule has 1 rings (SSSR count). The zero-order valence-electron chi connectivity index (χ0n) is 13.8. The molecule has 0 aromatic rings. The Morgan fingerprint density at radius 3 is 2.29 bits per heavy atom. The van der Waals surface area contributed by atoms with Crippen LogP contribution < -0.4 is 5.32 Å². The molecule has 2 nitrogen and oxygen atoms in total. The minimum Gasteiger partial charge on any atom is -0.311 e. The van der Waals surface area contributed by atoms with Gasteiger partial charge >= 0.3 is 6.18 Å². The summed E-state index contributed by atoms with van der Waals surface area (Å²) in [4.78, 5) is 2.30. The number of rotatable bonds is 7. The zero-order chi connectivity index (χ0) is 16.0. The fraction of sp³-hybridized carbons (Fsp3) is 1.00. The molecular weight excluding hydrogens is 277 g/mol. The van der Waals surface area contributed by atoms with Crippen LogP contribution in [0.25, 0.3) is 0 Å². The first-order valence-electron chi connectivity index (χ1n) is 8.32. The lowest BCUT2D eigenvalue weighted by Crippen LogP contribution is -2.60. The van der Waals surface area contributed by atoms with Gasteiger partial charge < -0.3 is 5.32 Å². The van der Waals surface area contributed by atoms with Crippen LogP contribution in [-0.2, 0) is 0 Å². The maximum Gasteiger partial charge on any atom is 0.389 e. The van der Waals surface area contributed by atoms with Gasteiger partial charge in [-0.15, -0.1) is 0 Å². The molecule has 0 aliphatic carbocycles. The first-order chi connectivity index (χ1) is 9.78. The molecule has 4 unspecified atom stereocenters. The van der Waals surface area contributed by atoms with Gasteiger partial charge in [-0.05, 0) is 24.8 Å². The van der Waals surface area contributed by atoms with E-state index in [-0.39, 0.29) is 6.42 Å². The Labute approximate surface area is 127 Å². The molecule has 1 N–H and O–H groups in total. The van der Waals surface area contributed by atoms with E-state index in [2.05, 4.69) is 37.9 Å². The number of hydrogen-bond donors (Lipinski definition) is 1. The van der Waals surface area contributed by atoms with E-state index in [9.17, 15) is 13.2 Å². The summed E-state index contributed by atoms with van der Waals surface area (Å²) >= 11 is 0. The second-order valence-corrected chi connectivity index (χ2v) is 6.57. The van der Waals surface area contributed by atoms with Crippen LogP contribution in [0.2, 0.25) is 0 Å². The van der Waals surface area contributed by atoms with E-state index in [1.807, 2.05) is 0 Å². The Bertz CT molecular complexity index is 294. The van der Waals surface area contributed by atoms with Crippen LogP contribution in [0.4, 0.5) is 13.2 Å². The predicted octanol–water partition coefficient (Wildman–Crippen LogP) is 4.06. The molecule has 0 aromatic carbocycles. The van der Waals surface area contributed by atoms with E-state index in [0.29, 0.717) is 30.5 Å². The van der Waals surface area contributed by atoms with E-state index >= 15 is 0 Å². The SMILES string of the molecule is CCC(C)C1CN(CCCC(F)(F)F)C(C(C)CC)CN1. The zero-order valence-corrected chi connectivity index (χ0v) is 13.8. The average Bonchev–Trinajstić information content (AvgIpc) is 2.44. The van der Waals surface area contributed by atoms with Crippen molar-refractivity contribution in [3.05, 3.63) is 0 Å². The summed E-state index contributed by atoms with van der Waals surface area (Å²) in [5, 5.41) is 3.61. The molecule has 126 valence electrons. The van der Waals surface area contributed by atoms with Crippen LogP contribution in [0, 0.1) is 11.8 Å². The van der Waals surface area contributed by atoms with Crippen molar-refractivity contribution in [3.8, 4) is 0 Å². The highest BCUT2D eigenvalue weighted by molar-refractivity contribution is 4.90. The fourth-order valence-corrected chi connectivity index (χ4v) is 3.09. The molecule has 1 aliphatic heterocycles. The quantitative estimate of drug-likeness (QED) is 0.763. The van der Waals surface area contributed by atoms with E-state index in [4.69, 9.17) is 0 Å². The van der Waals surface area contributed by atoms with Crippen LogP contribution >= 0.6 is 0 Å². The van der Waals surface area contributed by atoms with Crippen LogP contribution in [0.5, 0.6) is 0 Å². The van der Waals surface area contributed by atoms with Crippen molar-refractivity contribution in [2.75, 3.05) is 19.6 Å². The summed E-state index contributed by atoms with van der Waals surface area (Å²) in [7, 11) is 0. The summed E-state index contributed by atoms with van der Waals surface area (Å²) < 4.78 is 37.1. The van der Waals surface area contributed by atoms with Crippen molar-refractivity contribution in [1.29, 1.82) is 0 Å². The smallest absolute Gasteiger partial charge is 0.311 e. The second-order valence-electron chi connectivity index (χ2n) is 6.57. The van der Waals surface area contributed by atoms with Gasteiger partial charge in [0.05, 0.1) is 0 Å². The van der Waals surface area contributed by atoms with Gasteiger partial charge in [-0.2, -0.15) is 13.2 Å². The van der Waals surface area contributed by atoms with Gasteiger partial charge in [-0.3, -0.25) is 4.90 Å². The number of nitrogens with zero attached hydrogens (tertiary/aromatic N) is 1. The Hall–Kier alpha value is -0.290. The molecule has 0 radical (unpaired) electrons. The molecule has 21 heavy (non-hydrogen) atoms. The van der Waals surface area contributed by atoms with E-state index in [1.54, 1.807) is 0 Å². The maximum atomic E-state index is 12.4. The van der Waals surface area contributed by atoms with E-state index in [0.717, 1.165) is 25.9 Å². The van der Waals surface area contributed by atoms with Gasteiger partial charge in [0.15, 0.2) is 0 Å².